The van der Waals surface area contributed by atoms with Gasteiger partial charge in [0.1, 0.15) is 0 Å². The second kappa shape index (κ2) is 46.5. The van der Waals surface area contributed by atoms with Crippen LogP contribution in [0.5, 0.6) is 0 Å². The van der Waals surface area contributed by atoms with Crippen LogP contribution in [0.1, 0.15) is 25.7 Å². The van der Waals surface area contributed by atoms with Crippen LogP contribution in [0.25, 0.3) is 0 Å². The Hall–Kier alpha value is 10.1. The zero-order valence-corrected chi connectivity index (χ0v) is 84.5. The van der Waals surface area contributed by atoms with Crippen molar-refractivity contribution in [2.45, 2.75) is 25.7 Å². The normalized spacial score (nSPS) is 21.1. The van der Waals surface area contributed by atoms with Crippen molar-refractivity contribution in [3.8, 4) is 0 Å². The summed E-state index contributed by atoms with van der Waals surface area (Å²) in [6, 6.07) is 0. The third-order valence-electron chi connectivity index (χ3n) is 11.5. The van der Waals surface area contributed by atoms with Crippen LogP contribution in [0, 0.1) is 0 Å². The van der Waals surface area contributed by atoms with E-state index in [1.807, 2.05) is 329 Å². The summed E-state index contributed by atoms with van der Waals surface area (Å²) in [6.45, 7) is 0. The molecular formula is C54H60S40. The summed E-state index contributed by atoms with van der Waals surface area (Å²) in [5.41, 5.74) is 0. The lowest BCUT2D eigenvalue weighted by molar-refractivity contribution is 1.13. The molecule has 10 aliphatic heterocycles. The lowest BCUT2D eigenvalue weighted by atomic mass is 10.6. The molecule has 0 fully saturated rings. The van der Waals surface area contributed by atoms with Gasteiger partial charge in [0.2, 0.25) is 0 Å². The zero-order chi connectivity index (χ0) is 66.1. The van der Waals surface area contributed by atoms with E-state index in [0.29, 0.717) is 0 Å². The highest BCUT2D eigenvalue weighted by atomic mass is 32.3. The number of hydrogen-bond donors (Lipinski definition) is 0. The minimum absolute atomic E-state index is 1.14. The summed E-state index contributed by atoms with van der Waals surface area (Å²) in [5.74, 6) is 9.17. The van der Waals surface area contributed by atoms with Crippen molar-refractivity contribution in [2.75, 3.05) is 121 Å². The molecule has 0 unspecified atom stereocenters. The van der Waals surface area contributed by atoms with Crippen LogP contribution in [-0.4, -0.2) is 121 Å². The third kappa shape index (κ3) is 24.6. The highest BCUT2D eigenvalue weighted by Gasteiger charge is 2.36. The maximum atomic E-state index is 2.26. The Morgan fingerprint density at radius 2 is 0.223 bits per heavy atom. The predicted octanol–water partition coefficient (Wildman–Crippen LogP) is 34.5. The molecule has 0 aromatic rings. The monoisotopic (exact) mass is 1990 g/mol. The van der Waals surface area contributed by atoms with E-state index < -0.39 is 0 Å². The molecule has 0 amide bonds. The fourth-order valence-corrected chi connectivity index (χ4v) is 63.0. The topological polar surface area (TPSA) is 0 Å². The first-order chi connectivity index (χ1) is 46.0. The van der Waals surface area contributed by atoms with E-state index in [2.05, 4.69) is 216 Å². The zero-order valence-electron chi connectivity index (χ0n) is 51.8. The van der Waals surface area contributed by atoms with Crippen molar-refractivity contribution >= 4 is 470 Å². The van der Waals surface area contributed by atoms with E-state index in [1.165, 1.54) is 153 Å². The summed E-state index contributed by atoms with van der Waals surface area (Å²) in [6.07, 6.45) is 31.6. The van der Waals surface area contributed by atoms with Crippen LogP contribution in [-0.2, 0) is 0 Å². The van der Waals surface area contributed by atoms with Crippen LogP contribution in [0.15, 0.2) is 127 Å². The van der Waals surface area contributed by atoms with Gasteiger partial charge in [-0.2, -0.15) is 0 Å². The summed E-state index contributed by atoms with van der Waals surface area (Å²) >= 11 is 80.1. The Labute approximate surface area is 731 Å². The fraction of sp³-hybridized carbons (Fsp3) is 0.444. The smallest absolute Gasteiger partial charge is 0.0717 e. The largest absolute Gasteiger partial charge is 0.121 e. The Morgan fingerprint density at radius 1 is 0.138 bits per heavy atom. The second-order valence-corrected chi connectivity index (χ2v) is 64.1. The molecule has 0 N–H and O–H groups in total. The SMILES string of the molecule is CSC1=C(SC)SC(=C2SC(SC)=C(SCCCSC3=C(SCCCSC4=C(SC)SC(=C5SC(SC)=C(SC)S5)S4)SC(=C4SC(SCCCSC5=C(SC)SC(=C6SC(SC)=C(SC)S6)S5)=C(SCCCSC5=C(SC)SC(=C6SC(SC)=C(SC)S6)S5)S4)S3)S2)S1. The highest BCUT2D eigenvalue weighted by molar-refractivity contribution is 8.50. The van der Waals surface area contributed by atoms with Gasteiger partial charge in [-0.15, -0.1) is 235 Å². The molecule has 516 valence electrons. The summed E-state index contributed by atoms with van der Waals surface area (Å²) in [7, 11) is 0. The molecule has 94 heavy (non-hydrogen) atoms. The summed E-state index contributed by atoms with van der Waals surface area (Å²) in [5, 5.41) is 0. The lowest BCUT2D eigenvalue weighted by Gasteiger charge is -2.07. The van der Waals surface area contributed by atoms with Crippen molar-refractivity contribution in [3.63, 3.8) is 0 Å². The number of hydrogen-bond acceptors (Lipinski definition) is 40. The second-order valence-electron chi connectivity index (χ2n) is 17.3. The van der Waals surface area contributed by atoms with Gasteiger partial charge in [-0.25, -0.2) is 0 Å². The van der Waals surface area contributed by atoms with E-state index in [-0.39, 0.29) is 0 Å². The Balaban J connectivity index is 0.783. The molecule has 0 atom stereocenters. The average Bonchev–Trinajstić information content (AvgIpc) is 1.73. The van der Waals surface area contributed by atoms with Gasteiger partial charge >= 0.3 is 0 Å². The minimum Gasteiger partial charge on any atom is -0.121 e. The first-order valence-corrected chi connectivity index (χ1v) is 66.1. The van der Waals surface area contributed by atoms with Gasteiger partial charge in [-0.05, 0) is 147 Å². The quantitative estimate of drug-likeness (QED) is 0.0546. The van der Waals surface area contributed by atoms with Gasteiger partial charge in [0.15, 0.2) is 0 Å². The lowest BCUT2D eigenvalue weighted by Crippen LogP contribution is -1.86. The van der Waals surface area contributed by atoms with Gasteiger partial charge in [0, 0.05) is 0 Å². The van der Waals surface area contributed by atoms with Crippen molar-refractivity contribution < 1.29 is 0 Å². The molecule has 0 bridgehead atoms. The average molecular weight is 1990 g/mol. The molecule has 10 aliphatic rings. The number of rotatable bonds is 36. The maximum Gasteiger partial charge on any atom is 0.0717 e. The van der Waals surface area contributed by atoms with Crippen molar-refractivity contribution in [1.29, 1.82) is 0 Å². The van der Waals surface area contributed by atoms with Crippen LogP contribution in [0.2, 0.25) is 0 Å². The first-order valence-electron chi connectivity index (χ1n) is 27.2. The molecule has 0 radical (unpaired) electrons. The molecule has 0 nitrogen and oxygen atoms in total. The molecule has 0 saturated carbocycles. The predicted molar refractivity (Wildman–Crippen MR) is 538 cm³/mol. The molecular weight excluding hydrogens is 1930 g/mol. The summed E-state index contributed by atoms with van der Waals surface area (Å²) in [4.78, 5) is 0. The van der Waals surface area contributed by atoms with Crippen LogP contribution in [0.4, 0.5) is 0 Å². The molecule has 40 heteroatoms. The van der Waals surface area contributed by atoms with Gasteiger partial charge in [0.05, 0.1) is 127 Å². The van der Waals surface area contributed by atoms with Gasteiger partial charge < -0.3 is 0 Å². The van der Waals surface area contributed by atoms with E-state index in [1.54, 1.807) is 0 Å². The molecule has 0 aromatic heterocycles. The van der Waals surface area contributed by atoms with Crippen LogP contribution >= 0.6 is 470 Å². The van der Waals surface area contributed by atoms with Gasteiger partial charge in [-0.1, -0.05) is 235 Å². The van der Waals surface area contributed by atoms with E-state index in [0.717, 1.165) is 46.0 Å². The Morgan fingerprint density at radius 3 is 0.330 bits per heavy atom. The van der Waals surface area contributed by atoms with Crippen molar-refractivity contribution in [2.24, 2.45) is 0 Å². The van der Waals surface area contributed by atoms with E-state index in [4.69, 9.17) is 0 Å². The Bertz CT molecular complexity index is 2840. The first kappa shape index (κ1) is 86.5. The minimum atomic E-state index is 1.14. The van der Waals surface area contributed by atoms with Crippen LogP contribution < -0.4 is 0 Å². The van der Waals surface area contributed by atoms with Gasteiger partial charge in [-0.3, -0.25) is 0 Å². The standard InChI is InChI=1S/C54H60S40/c1-55-25-26(56-2)76-45(75-25)49-83-33(63-9)37(87-49)67-17-13-21-71-41-42(72-22-14-18-68-38-34(64-10)84-50(88-38)46-77-27(57-3)28(58-4)78-46)92-53(91-41)54-93-43(73-23-15-19-69-39-35(65-11)85-51(89-39)47-79-29(59-5)30(60-6)80-47)44(94-54)74-24-16-20-70-40-36(66-12)86-52(90-40)48-81-31(61-7)32(62-8)82-48/h13-24H2,1-12H3. The van der Waals surface area contributed by atoms with E-state index in [9.17, 15) is 0 Å². The summed E-state index contributed by atoms with van der Waals surface area (Å²) < 4.78 is 44.5. The molecule has 0 spiro atoms. The Kier molecular flexibility index (Phi) is 42.8. The third-order valence-corrected chi connectivity index (χ3v) is 68.2. The molecule has 10 heterocycles. The maximum absolute atomic E-state index is 2.26. The van der Waals surface area contributed by atoms with Gasteiger partial charge in [0.25, 0.3) is 0 Å². The molecule has 0 aliphatic carbocycles. The van der Waals surface area contributed by atoms with Crippen molar-refractivity contribution in [3.05, 3.63) is 127 Å². The molecule has 0 saturated heterocycles. The van der Waals surface area contributed by atoms with Crippen molar-refractivity contribution in [1.82, 2.24) is 0 Å². The highest BCUT2D eigenvalue weighted by Crippen LogP contribution is 2.72. The number of thioether (sulfide) groups is 40. The van der Waals surface area contributed by atoms with Crippen LogP contribution in [0.3, 0.4) is 0 Å². The molecule has 10 rings (SSSR count). The van der Waals surface area contributed by atoms with E-state index >= 15 is 0 Å². The fourth-order valence-electron chi connectivity index (χ4n) is 7.32. The molecule has 0 aromatic carbocycles.